The van der Waals surface area contributed by atoms with Crippen molar-refractivity contribution in [2.24, 2.45) is 5.92 Å². The van der Waals surface area contributed by atoms with E-state index < -0.39 is 0 Å². The van der Waals surface area contributed by atoms with Gasteiger partial charge in [-0.3, -0.25) is 0 Å². The Hall–Kier alpha value is -3.58. The monoisotopic (exact) mass is 446 g/mol. The summed E-state index contributed by atoms with van der Waals surface area (Å²) < 4.78 is 13.9. The summed E-state index contributed by atoms with van der Waals surface area (Å²) in [6.45, 7) is 7.60. The van der Waals surface area contributed by atoms with Gasteiger partial charge >= 0.3 is 0 Å². The van der Waals surface area contributed by atoms with Crippen LogP contribution in [0, 0.1) is 12.8 Å². The van der Waals surface area contributed by atoms with E-state index in [4.69, 9.17) is 9.47 Å². The van der Waals surface area contributed by atoms with E-state index in [1.807, 2.05) is 66.2 Å². The molecule has 2 heterocycles. The molecule has 7 heteroatoms. The van der Waals surface area contributed by atoms with E-state index in [1.54, 1.807) is 0 Å². The molecule has 0 spiro atoms. The molecule has 4 aromatic rings. The number of rotatable bonds is 10. The lowest BCUT2D eigenvalue weighted by Gasteiger charge is -2.14. The van der Waals surface area contributed by atoms with Crippen LogP contribution in [0.5, 0.6) is 17.2 Å². The largest absolute Gasteiger partial charge is 0.493 e. The summed E-state index contributed by atoms with van der Waals surface area (Å²) in [6.07, 6.45) is 4.46. The summed E-state index contributed by atoms with van der Waals surface area (Å²) in [5.41, 5.74) is 3.57. The molecule has 0 bridgehead atoms. The lowest BCUT2D eigenvalue weighted by atomic mass is 10.1. The van der Waals surface area contributed by atoms with Crippen LogP contribution in [0.3, 0.4) is 0 Å². The Balaban J connectivity index is 1.48. The second-order valence-electron chi connectivity index (χ2n) is 8.40. The molecular weight excluding hydrogens is 416 g/mol. The predicted molar refractivity (Wildman–Crippen MR) is 131 cm³/mol. The number of aryl methyl sites for hydroxylation is 1. The molecule has 0 aliphatic rings. The molecule has 4 rings (SSSR count). The van der Waals surface area contributed by atoms with Crippen LogP contribution >= 0.6 is 0 Å². The molecule has 0 saturated carbocycles. The van der Waals surface area contributed by atoms with Crippen molar-refractivity contribution < 1.29 is 14.6 Å². The van der Waals surface area contributed by atoms with Gasteiger partial charge in [-0.25, -0.2) is 9.97 Å². The van der Waals surface area contributed by atoms with Gasteiger partial charge < -0.3 is 24.5 Å². The third-order valence-corrected chi connectivity index (χ3v) is 5.33. The molecule has 0 atom stereocenters. The van der Waals surface area contributed by atoms with Gasteiger partial charge in [-0.2, -0.15) is 0 Å². The Kier molecular flexibility index (Phi) is 7.10. The zero-order valence-electron chi connectivity index (χ0n) is 19.3. The molecule has 2 aromatic heterocycles. The van der Waals surface area contributed by atoms with Crippen molar-refractivity contribution in [2.75, 3.05) is 18.5 Å². The van der Waals surface area contributed by atoms with Crippen molar-refractivity contribution in [3.63, 3.8) is 0 Å². The number of aliphatic hydroxyl groups is 1. The van der Waals surface area contributed by atoms with Gasteiger partial charge in [-0.15, -0.1) is 0 Å². The third kappa shape index (κ3) is 5.62. The predicted octanol–water partition coefficient (Wildman–Crippen LogP) is 5.69. The minimum atomic E-state index is 0.0488. The highest BCUT2D eigenvalue weighted by atomic mass is 16.5. The summed E-state index contributed by atoms with van der Waals surface area (Å²) in [5, 5.41) is 12.7. The van der Waals surface area contributed by atoms with Gasteiger partial charge in [-0.05, 0) is 61.2 Å². The Morgan fingerprint density at radius 2 is 1.91 bits per heavy atom. The number of nitrogens with zero attached hydrogens (tertiary/aromatic N) is 3. The summed E-state index contributed by atoms with van der Waals surface area (Å²) in [5.74, 6) is 3.62. The maximum Gasteiger partial charge on any atom is 0.158 e. The second-order valence-corrected chi connectivity index (χ2v) is 8.40. The first kappa shape index (κ1) is 22.6. The van der Waals surface area contributed by atoms with Crippen LogP contribution in [0.2, 0.25) is 0 Å². The van der Waals surface area contributed by atoms with Crippen molar-refractivity contribution in [3.8, 4) is 17.2 Å². The fourth-order valence-corrected chi connectivity index (χ4v) is 3.56. The van der Waals surface area contributed by atoms with Crippen LogP contribution in [0.25, 0.3) is 11.0 Å². The molecule has 172 valence electrons. The highest BCUT2D eigenvalue weighted by Crippen LogP contribution is 2.31. The van der Waals surface area contributed by atoms with Gasteiger partial charge in [0.2, 0.25) is 0 Å². The van der Waals surface area contributed by atoms with Crippen molar-refractivity contribution in [1.29, 1.82) is 0 Å². The molecule has 2 N–H and O–H groups in total. The van der Waals surface area contributed by atoms with Crippen LogP contribution < -0.4 is 14.8 Å². The zero-order chi connectivity index (χ0) is 23.2. The molecule has 2 aromatic carbocycles. The Bertz CT molecular complexity index is 1220. The van der Waals surface area contributed by atoms with Gasteiger partial charge in [0.15, 0.2) is 5.82 Å². The SMILES string of the molecule is Cc1cc(Nc2ncnc3ccn(CCO)c23)ccc1Oc1cccc(OCCC(C)C)c1. The minimum absolute atomic E-state index is 0.0488. The Morgan fingerprint density at radius 3 is 2.70 bits per heavy atom. The minimum Gasteiger partial charge on any atom is -0.493 e. The van der Waals surface area contributed by atoms with Crippen LogP contribution in [0.4, 0.5) is 11.5 Å². The topological polar surface area (TPSA) is 81.4 Å². The van der Waals surface area contributed by atoms with Crippen LogP contribution in [-0.4, -0.2) is 32.9 Å². The number of nitrogens with one attached hydrogen (secondary N) is 1. The van der Waals surface area contributed by atoms with Gasteiger partial charge in [0.05, 0.1) is 18.7 Å². The molecule has 0 amide bonds. The third-order valence-electron chi connectivity index (χ3n) is 5.33. The van der Waals surface area contributed by atoms with E-state index in [0.29, 0.717) is 24.9 Å². The van der Waals surface area contributed by atoms with Crippen molar-refractivity contribution in [3.05, 3.63) is 66.6 Å². The first-order valence-corrected chi connectivity index (χ1v) is 11.2. The van der Waals surface area contributed by atoms with Gasteiger partial charge in [-0.1, -0.05) is 19.9 Å². The standard InChI is InChI=1S/C26H30N4O3/c1-18(2)10-14-32-21-5-4-6-22(16-21)33-24-8-7-20(15-19(24)3)29-26-25-23(27-17-28-26)9-11-30(25)12-13-31/h4-9,11,15-18,31H,10,12-14H2,1-3H3,(H,27,28,29). The number of benzene rings is 2. The van der Waals surface area contributed by atoms with E-state index in [9.17, 15) is 5.11 Å². The van der Waals surface area contributed by atoms with E-state index in [2.05, 4.69) is 29.1 Å². The van der Waals surface area contributed by atoms with Crippen LogP contribution in [-0.2, 0) is 6.54 Å². The van der Waals surface area contributed by atoms with E-state index in [1.165, 1.54) is 6.33 Å². The summed E-state index contributed by atoms with van der Waals surface area (Å²) in [6, 6.07) is 15.6. The van der Waals surface area contributed by atoms with Crippen molar-refractivity contribution in [1.82, 2.24) is 14.5 Å². The lowest BCUT2D eigenvalue weighted by Crippen LogP contribution is -2.04. The highest BCUT2D eigenvalue weighted by Gasteiger charge is 2.11. The van der Waals surface area contributed by atoms with Crippen molar-refractivity contribution >= 4 is 22.5 Å². The fraction of sp³-hybridized carbons (Fsp3) is 0.308. The average Bonchev–Trinajstić information content (AvgIpc) is 3.20. The summed E-state index contributed by atoms with van der Waals surface area (Å²) in [4.78, 5) is 8.73. The van der Waals surface area contributed by atoms with E-state index in [-0.39, 0.29) is 6.61 Å². The van der Waals surface area contributed by atoms with Crippen LogP contribution in [0.15, 0.2) is 61.1 Å². The van der Waals surface area contributed by atoms with Crippen LogP contribution in [0.1, 0.15) is 25.8 Å². The van der Waals surface area contributed by atoms with E-state index in [0.717, 1.165) is 46.0 Å². The normalized spacial score (nSPS) is 11.2. The van der Waals surface area contributed by atoms with Gasteiger partial charge in [0, 0.05) is 24.5 Å². The maximum absolute atomic E-state index is 9.34. The molecule has 0 unspecified atom stereocenters. The van der Waals surface area contributed by atoms with Gasteiger partial charge in [0.1, 0.15) is 29.1 Å². The first-order valence-electron chi connectivity index (χ1n) is 11.2. The Morgan fingerprint density at radius 1 is 1.06 bits per heavy atom. The maximum atomic E-state index is 9.34. The summed E-state index contributed by atoms with van der Waals surface area (Å²) in [7, 11) is 0. The molecule has 0 saturated heterocycles. The zero-order valence-corrected chi connectivity index (χ0v) is 19.3. The van der Waals surface area contributed by atoms with E-state index >= 15 is 0 Å². The second kappa shape index (κ2) is 10.4. The quantitative estimate of drug-likeness (QED) is 0.326. The molecule has 7 nitrogen and oxygen atoms in total. The highest BCUT2D eigenvalue weighted by molar-refractivity contribution is 5.88. The lowest BCUT2D eigenvalue weighted by molar-refractivity contribution is 0.278. The number of hydrogen-bond donors (Lipinski definition) is 2. The molecule has 0 fully saturated rings. The number of aliphatic hydroxyl groups excluding tert-OH is 1. The average molecular weight is 447 g/mol. The fourth-order valence-electron chi connectivity index (χ4n) is 3.56. The smallest absolute Gasteiger partial charge is 0.158 e. The number of ether oxygens (including phenoxy) is 2. The Labute approximate surface area is 194 Å². The molecule has 33 heavy (non-hydrogen) atoms. The molecule has 0 aliphatic carbocycles. The first-order chi connectivity index (χ1) is 16.0. The van der Waals surface area contributed by atoms with Crippen molar-refractivity contribution in [2.45, 2.75) is 33.7 Å². The molecule has 0 radical (unpaired) electrons. The number of hydrogen-bond acceptors (Lipinski definition) is 6. The molecular formula is C26H30N4O3. The summed E-state index contributed by atoms with van der Waals surface area (Å²) >= 11 is 0. The number of aromatic nitrogens is 3. The number of fused-ring (bicyclic) bond motifs is 1. The van der Waals surface area contributed by atoms with Gasteiger partial charge in [0.25, 0.3) is 0 Å². The molecule has 0 aliphatic heterocycles. The number of anilines is 2.